The molecule has 0 aliphatic rings. The number of nitrogens with two attached hydrogens (primary N) is 1. The summed E-state index contributed by atoms with van der Waals surface area (Å²) in [6.45, 7) is 2.05. The lowest BCUT2D eigenvalue weighted by Crippen LogP contribution is -2.09. The average molecular weight is 269 g/mol. The minimum atomic E-state index is 0.391. The van der Waals surface area contributed by atoms with Gasteiger partial charge in [0.2, 0.25) is 0 Å². The number of hydrogen-bond donors (Lipinski definition) is 2. The van der Waals surface area contributed by atoms with Crippen molar-refractivity contribution in [2.45, 2.75) is 6.92 Å². The van der Waals surface area contributed by atoms with Crippen LogP contribution in [0.3, 0.4) is 0 Å². The quantitative estimate of drug-likeness (QED) is 0.509. The Morgan fingerprint density at radius 1 is 1.21 bits per heavy atom. The molecule has 0 aliphatic carbocycles. The van der Waals surface area contributed by atoms with Crippen LogP contribution in [0.2, 0.25) is 0 Å². The second kappa shape index (κ2) is 6.11. The first-order valence-corrected chi connectivity index (χ1v) is 6.31. The number of rotatable bonds is 4. The molecule has 2 rings (SSSR count). The molecule has 2 aromatic rings. The van der Waals surface area contributed by atoms with Gasteiger partial charge in [-0.3, -0.25) is 5.43 Å². The van der Waals surface area contributed by atoms with Crippen molar-refractivity contribution < 1.29 is 0 Å². The summed E-state index contributed by atoms with van der Waals surface area (Å²) in [5.74, 6) is 0. The number of benzene rings is 2. The number of nitrogens with zero attached hydrogens (tertiary/aromatic N) is 1. The summed E-state index contributed by atoms with van der Waals surface area (Å²) in [4.78, 5) is 0.391. The van der Waals surface area contributed by atoms with E-state index in [1.54, 1.807) is 6.21 Å². The monoisotopic (exact) mass is 269 g/mol. The average Bonchev–Trinajstić information content (AvgIpc) is 2.41. The molecule has 0 fully saturated rings. The smallest absolute Gasteiger partial charge is 0.104 e. The first kappa shape index (κ1) is 13.2. The van der Waals surface area contributed by atoms with Crippen LogP contribution in [0.4, 0.5) is 5.69 Å². The fourth-order valence-electron chi connectivity index (χ4n) is 1.58. The Morgan fingerprint density at radius 2 is 1.95 bits per heavy atom. The molecule has 19 heavy (non-hydrogen) atoms. The van der Waals surface area contributed by atoms with Gasteiger partial charge in [-0.05, 0) is 30.7 Å². The van der Waals surface area contributed by atoms with E-state index in [0.717, 1.165) is 16.8 Å². The van der Waals surface area contributed by atoms with E-state index in [0.29, 0.717) is 4.99 Å². The number of aryl methyl sites for hydroxylation is 1. The predicted octanol–water partition coefficient (Wildman–Crippen LogP) is 3.08. The minimum absolute atomic E-state index is 0.391. The molecule has 96 valence electrons. The van der Waals surface area contributed by atoms with Crippen LogP contribution >= 0.6 is 12.2 Å². The van der Waals surface area contributed by atoms with Gasteiger partial charge < -0.3 is 5.73 Å². The van der Waals surface area contributed by atoms with Crippen LogP contribution in [0, 0.1) is 6.92 Å². The van der Waals surface area contributed by atoms with Crippen LogP contribution in [0.1, 0.15) is 16.7 Å². The summed E-state index contributed by atoms with van der Waals surface area (Å²) < 4.78 is 0. The Kier molecular flexibility index (Phi) is 4.26. The molecule has 0 heterocycles. The summed E-state index contributed by atoms with van der Waals surface area (Å²) in [7, 11) is 0. The lowest BCUT2D eigenvalue weighted by molar-refractivity contribution is 1.34. The van der Waals surface area contributed by atoms with Crippen LogP contribution in [-0.4, -0.2) is 11.2 Å². The van der Waals surface area contributed by atoms with Gasteiger partial charge in [0.25, 0.3) is 0 Å². The van der Waals surface area contributed by atoms with Crippen LogP contribution in [0.5, 0.6) is 0 Å². The highest BCUT2D eigenvalue weighted by Crippen LogP contribution is 2.08. The zero-order chi connectivity index (χ0) is 13.7. The molecule has 0 atom stereocenters. The van der Waals surface area contributed by atoms with Crippen molar-refractivity contribution in [3.63, 3.8) is 0 Å². The summed E-state index contributed by atoms with van der Waals surface area (Å²) >= 11 is 4.94. The van der Waals surface area contributed by atoms with Crippen molar-refractivity contribution in [1.82, 2.24) is 0 Å². The number of nitrogens with one attached hydrogen (secondary N) is 1. The normalized spacial score (nSPS) is 10.6. The van der Waals surface area contributed by atoms with Crippen LogP contribution in [0.15, 0.2) is 53.6 Å². The number of hydrazone groups is 1. The van der Waals surface area contributed by atoms with E-state index >= 15 is 0 Å². The van der Waals surface area contributed by atoms with Crippen molar-refractivity contribution in [2.75, 3.05) is 5.43 Å². The van der Waals surface area contributed by atoms with E-state index in [1.165, 1.54) is 5.56 Å². The van der Waals surface area contributed by atoms with Gasteiger partial charge in [-0.15, -0.1) is 0 Å². The third-order valence-electron chi connectivity index (χ3n) is 2.63. The van der Waals surface area contributed by atoms with Gasteiger partial charge in [-0.2, -0.15) is 5.10 Å². The summed E-state index contributed by atoms with van der Waals surface area (Å²) in [5.41, 5.74) is 12.5. The Bertz CT molecular complexity index is 603. The predicted molar refractivity (Wildman–Crippen MR) is 84.7 cm³/mol. The van der Waals surface area contributed by atoms with Gasteiger partial charge in [0.15, 0.2) is 0 Å². The van der Waals surface area contributed by atoms with E-state index in [-0.39, 0.29) is 0 Å². The first-order chi connectivity index (χ1) is 9.15. The van der Waals surface area contributed by atoms with Crippen molar-refractivity contribution in [2.24, 2.45) is 10.8 Å². The van der Waals surface area contributed by atoms with E-state index in [4.69, 9.17) is 18.0 Å². The molecule has 3 nitrogen and oxygen atoms in total. The zero-order valence-electron chi connectivity index (χ0n) is 10.6. The summed E-state index contributed by atoms with van der Waals surface area (Å²) in [5, 5.41) is 4.18. The standard InChI is InChI=1S/C15H15N3S/c1-11-5-7-14(8-6-11)18-17-10-12-3-2-4-13(9-12)15(16)19/h2-10,18H,1H3,(H2,16,19)/b17-10+. The molecule has 0 saturated heterocycles. The summed E-state index contributed by atoms with van der Waals surface area (Å²) in [6, 6.07) is 15.7. The van der Waals surface area contributed by atoms with Gasteiger partial charge in [0, 0.05) is 5.56 Å². The maximum absolute atomic E-state index is 5.59. The third kappa shape index (κ3) is 3.89. The molecular weight excluding hydrogens is 254 g/mol. The highest BCUT2D eigenvalue weighted by Gasteiger charge is 1.96. The first-order valence-electron chi connectivity index (χ1n) is 5.91. The molecule has 0 saturated carbocycles. The van der Waals surface area contributed by atoms with Gasteiger partial charge in [-0.25, -0.2) is 0 Å². The Morgan fingerprint density at radius 3 is 2.63 bits per heavy atom. The summed E-state index contributed by atoms with van der Waals surface area (Å²) in [6.07, 6.45) is 1.74. The van der Waals surface area contributed by atoms with Crippen molar-refractivity contribution in [3.05, 3.63) is 65.2 Å². The van der Waals surface area contributed by atoms with E-state index in [2.05, 4.69) is 10.5 Å². The molecule has 0 spiro atoms. The van der Waals surface area contributed by atoms with Gasteiger partial charge in [0.05, 0.1) is 11.9 Å². The topological polar surface area (TPSA) is 50.4 Å². The van der Waals surface area contributed by atoms with E-state index in [1.807, 2.05) is 55.5 Å². The molecule has 0 unspecified atom stereocenters. The van der Waals surface area contributed by atoms with Crippen molar-refractivity contribution in [3.8, 4) is 0 Å². The maximum Gasteiger partial charge on any atom is 0.104 e. The number of anilines is 1. The fraction of sp³-hybridized carbons (Fsp3) is 0.0667. The van der Waals surface area contributed by atoms with Gasteiger partial charge in [-0.1, -0.05) is 48.1 Å². The lowest BCUT2D eigenvalue weighted by atomic mass is 10.1. The van der Waals surface area contributed by atoms with Crippen LogP contribution in [-0.2, 0) is 0 Å². The molecule has 0 amide bonds. The molecule has 0 aliphatic heterocycles. The SMILES string of the molecule is Cc1ccc(N/N=C/c2cccc(C(N)=S)c2)cc1. The highest BCUT2D eigenvalue weighted by molar-refractivity contribution is 7.80. The van der Waals surface area contributed by atoms with Crippen LogP contribution in [0.25, 0.3) is 0 Å². The number of thiocarbonyl (C=S) groups is 1. The van der Waals surface area contributed by atoms with Crippen molar-refractivity contribution >= 4 is 29.1 Å². The second-order valence-corrected chi connectivity index (χ2v) is 4.67. The fourth-order valence-corrected chi connectivity index (χ4v) is 1.71. The van der Waals surface area contributed by atoms with Gasteiger partial charge in [0.1, 0.15) is 4.99 Å². The van der Waals surface area contributed by atoms with E-state index < -0.39 is 0 Å². The Balaban J connectivity index is 2.04. The second-order valence-electron chi connectivity index (χ2n) is 4.23. The minimum Gasteiger partial charge on any atom is -0.389 e. The molecular formula is C15H15N3S. The Hall–Kier alpha value is -2.20. The maximum atomic E-state index is 5.59. The Labute approximate surface area is 118 Å². The molecule has 0 aromatic heterocycles. The molecule has 4 heteroatoms. The number of hydrogen-bond acceptors (Lipinski definition) is 3. The van der Waals surface area contributed by atoms with Crippen LogP contribution < -0.4 is 11.2 Å². The van der Waals surface area contributed by atoms with Crippen molar-refractivity contribution in [1.29, 1.82) is 0 Å². The van der Waals surface area contributed by atoms with Gasteiger partial charge >= 0.3 is 0 Å². The largest absolute Gasteiger partial charge is 0.389 e. The molecule has 3 N–H and O–H groups in total. The lowest BCUT2D eigenvalue weighted by Gasteiger charge is -2.01. The zero-order valence-corrected chi connectivity index (χ0v) is 11.4. The highest BCUT2D eigenvalue weighted by atomic mass is 32.1. The van der Waals surface area contributed by atoms with E-state index in [9.17, 15) is 0 Å². The molecule has 2 aromatic carbocycles. The molecule has 0 bridgehead atoms. The third-order valence-corrected chi connectivity index (χ3v) is 2.87. The molecule has 0 radical (unpaired) electrons.